The van der Waals surface area contributed by atoms with Gasteiger partial charge in [-0.15, -0.1) is 0 Å². The molecule has 0 fully saturated rings. The minimum absolute atomic E-state index is 0.359. The second-order valence-electron chi connectivity index (χ2n) is 4.22. The van der Waals surface area contributed by atoms with Gasteiger partial charge in [-0.05, 0) is 24.3 Å². The predicted molar refractivity (Wildman–Crippen MR) is 75.2 cm³/mol. The fraction of sp³-hybridized carbons (Fsp3) is 0.200. The highest BCUT2D eigenvalue weighted by Gasteiger charge is 2.10. The third kappa shape index (κ3) is 3.62. The Morgan fingerprint density at radius 2 is 1.81 bits per heavy atom. The molecule has 1 aromatic heterocycles. The maximum Gasteiger partial charge on any atom is 0.341 e. The van der Waals surface area contributed by atoms with Crippen molar-refractivity contribution in [1.82, 2.24) is 0 Å². The van der Waals surface area contributed by atoms with E-state index in [0.29, 0.717) is 23.4 Å². The van der Waals surface area contributed by atoms with Crippen LogP contribution in [0.3, 0.4) is 0 Å². The molecule has 1 heterocycles. The number of anilines is 1. The van der Waals surface area contributed by atoms with Gasteiger partial charge in [-0.25, -0.2) is 9.59 Å². The molecule has 21 heavy (non-hydrogen) atoms. The second kappa shape index (κ2) is 6.60. The van der Waals surface area contributed by atoms with E-state index >= 15 is 0 Å². The third-order valence-electron chi connectivity index (χ3n) is 2.83. The molecule has 0 spiro atoms. The minimum Gasteiger partial charge on any atom is -0.467 e. The molecule has 0 amide bonds. The lowest BCUT2D eigenvalue weighted by Gasteiger charge is -2.06. The molecule has 0 saturated carbocycles. The van der Waals surface area contributed by atoms with Crippen molar-refractivity contribution in [3.8, 4) is 0 Å². The molecule has 0 bridgehead atoms. The van der Waals surface area contributed by atoms with Crippen LogP contribution in [0.4, 0.5) is 5.69 Å². The number of esters is 2. The number of furan rings is 1. The summed E-state index contributed by atoms with van der Waals surface area (Å²) in [6, 6.07) is 8.51. The molecule has 0 atom stereocenters. The Kier molecular flexibility index (Phi) is 4.61. The molecule has 2 aromatic rings. The topological polar surface area (TPSA) is 77.8 Å². The highest BCUT2D eigenvalue weighted by atomic mass is 16.5. The van der Waals surface area contributed by atoms with Crippen molar-refractivity contribution in [3.05, 3.63) is 53.5 Å². The summed E-state index contributed by atoms with van der Waals surface area (Å²) in [6.45, 7) is 0.377. The van der Waals surface area contributed by atoms with Gasteiger partial charge >= 0.3 is 11.9 Å². The van der Waals surface area contributed by atoms with Crippen molar-refractivity contribution in [3.63, 3.8) is 0 Å². The number of carbonyl (C=O) groups excluding carboxylic acids is 2. The summed E-state index contributed by atoms with van der Waals surface area (Å²) in [5.74, 6) is -0.263. The first kappa shape index (κ1) is 14.6. The zero-order valence-corrected chi connectivity index (χ0v) is 11.7. The Balaban J connectivity index is 2.01. The van der Waals surface area contributed by atoms with Crippen LogP contribution in [0.1, 0.15) is 26.5 Å². The summed E-state index contributed by atoms with van der Waals surface area (Å²) in [7, 11) is 2.64. The molecule has 0 unspecified atom stereocenters. The molecule has 0 aliphatic heterocycles. The van der Waals surface area contributed by atoms with Crippen LogP contribution in [0.2, 0.25) is 0 Å². The summed E-state index contributed by atoms with van der Waals surface area (Å²) >= 11 is 0. The van der Waals surface area contributed by atoms with E-state index in [9.17, 15) is 9.59 Å². The minimum atomic E-state index is -0.447. The maximum absolute atomic E-state index is 11.4. The molecule has 0 aliphatic rings. The van der Waals surface area contributed by atoms with Gasteiger partial charge in [0.1, 0.15) is 12.0 Å². The van der Waals surface area contributed by atoms with Gasteiger partial charge in [0, 0.05) is 5.69 Å². The van der Waals surface area contributed by atoms with E-state index < -0.39 is 11.9 Å². The second-order valence-corrected chi connectivity index (χ2v) is 4.22. The first-order chi connectivity index (χ1) is 10.1. The number of rotatable bonds is 5. The number of nitrogens with one attached hydrogen (secondary N) is 1. The van der Waals surface area contributed by atoms with Gasteiger partial charge in [0.2, 0.25) is 0 Å². The Labute approximate surface area is 121 Å². The normalized spacial score (nSPS) is 10.0. The van der Waals surface area contributed by atoms with Gasteiger partial charge in [-0.3, -0.25) is 0 Å². The lowest BCUT2D eigenvalue weighted by atomic mass is 10.2. The summed E-state index contributed by atoms with van der Waals surface area (Å²) in [6.07, 6.45) is 1.34. The monoisotopic (exact) mass is 289 g/mol. The average molecular weight is 289 g/mol. The number of hydrogen-bond acceptors (Lipinski definition) is 6. The van der Waals surface area contributed by atoms with Crippen LogP contribution in [-0.2, 0) is 16.0 Å². The largest absolute Gasteiger partial charge is 0.467 e. The van der Waals surface area contributed by atoms with Gasteiger partial charge < -0.3 is 19.2 Å². The van der Waals surface area contributed by atoms with Crippen LogP contribution >= 0.6 is 0 Å². The Bertz CT molecular complexity index is 647. The zero-order valence-electron chi connectivity index (χ0n) is 11.7. The third-order valence-corrected chi connectivity index (χ3v) is 2.83. The van der Waals surface area contributed by atoms with Crippen LogP contribution in [0.25, 0.3) is 0 Å². The summed E-state index contributed by atoms with van der Waals surface area (Å²) in [5.41, 5.74) is 1.56. The molecule has 1 N–H and O–H groups in total. The van der Waals surface area contributed by atoms with Gasteiger partial charge in [0.15, 0.2) is 0 Å². The first-order valence-electron chi connectivity index (χ1n) is 6.22. The standard InChI is InChI=1S/C15H15NO5/c1-19-14(17)10-4-3-5-12(6-10)16-8-13-7-11(9-21-13)15(18)20-2/h3-7,9,16H,8H2,1-2H3. The van der Waals surface area contributed by atoms with Gasteiger partial charge in [-0.1, -0.05) is 6.07 Å². The Morgan fingerprint density at radius 1 is 1.10 bits per heavy atom. The Morgan fingerprint density at radius 3 is 2.52 bits per heavy atom. The number of hydrogen-bond donors (Lipinski definition) is 1. The molecule has 6 nitrogen and oxygen atoms in total. The fourth-order valence-electron chi connectivity index (χ4n) is 1.76. The molecule has 110 valence electrons. The van der Waals surface area contributed by atoms with Crippen LogP contribution in [0.5, 0.6) is 0 Å². The van der Waals surface area contributed by atoms with Crippen molar-refractivity contribution in [2.45, 2.75) is 6.54 Å². The fourth-order valence-corrected chi connectivity index (χ4v) is 1.76. The highest BCUT2D eigenvalue weighted by molar-refractivity contribution is 5.90. The maximum atomic E-state index is 11.4. The number of ether oxygens (including phenoxy) is 2. The predicted octanol–water partition coefficient (Wildman–Crippen LogP) is 2.46. The first-order valence-corrected chi connectivity index (χ1v) is 6.22. The molecule has 0 aliphatic carbocycles. The van der Waals surface area contributed by atoms with Gasteiger partial charge in [-0.2, -0.15) is 0 Å². The summed E-state index contributed by atoms with van der Waals surface area (Å²) < 4.78 is 14.5. The van der Waals surface area contributed by atoms with Crippen molar-refractivity contribution in [1.29, 1.82) is 0 Å². The van der Waals surface area contributed by atoms with E-state index in [2.05, 4.69) is 14.8 Å². The molecular formula is C15H15NO5. The zero-order chi connectivity index (χ0) is 15.2. The highest BCUT2D eigenvalue weighted by Crippen LogP contribution is 2.15. The summed E-state index contributed by atoms with van der Waals surface area (Å²) in [4.78, 5) is 22.7. The molecule has 0 saturated heterocycles. The SMILES string of the molecule is COC(=O)c1cccc(NCc2cc(C(=O)OC)co2)c1. The van der Waals surface area contributed by atoms with Gasteiger partial charge in [0.05, 0.1) is 31.9 Å². The van der Waals surface area contributed by atoms with Crippen molar-refractivity contribution < 1.29 is 23.5 Å². The quantitative estimate of drug-likeness (QED) is 0.852. The van der Waals surface area contributed by atoms with Crippen molar-refractivity contribution >= 4 is 17.6 Å². The Hall–Kier alpha value is -2.76. The van der Waals surface area contributed by atoms with Crippen LogP contribution in [0, 0.1) is 0 Å². The van der Waals surface area contributed by atoms with Crippen LogP contribution in [0.15, 0.2) is 41.0 Å². The van der Waals surface area contributed by atoms with Crippen molar-refractivity contribution in [2.75, 3.05) is 19.5 Å². The van der Waals surface area contributed by atoms with E-state index in [1.54, 1.807) is 24.3 Å². The molecule has 2 rings (SSSR count). The van der Waals surface area contributed by atoms with Crippen molar-refractivity contribution in [2.24, 2.45) is 0 Å². The number of benzene rings is 1. The average Bonchev–Trinajstić information content (AvgIpc) is 3.00. The van der Waals surface area contributed by atoms with E-state index in [-0.39, 0.29) is 0 Å². The molecule has 0 radical (unpaired) electrons. The van der Waals surface area contributed by atoms with E-state index in [0.717, 1.165) is 5.69 Å². The number of methoxy groups -OCH3 is 2. The van der Waals surface area contributed by atoms with E-state index in [1.165, 1.54) is 20.5 Å². The smallest absolute Gasteiger partial charge is 0.341 e. The summed E-state index contributed by atoms with van der Waals surface area (Å²) in [5, 5.41) is 3.10. The van der Waals surface area contributed by atoms with Crippen LogP contribution in [-0.4, -0.2) is 26.2 Å². The van der Waals surface area contributed by atoms with Gasteiger partial charge in [0.25, 0.3) is 0 Å². The van der Waals surface area contributed by atoms with E-state index in [1.807, 2.05) is 6.07 Å². The lowest BCUT2D eigenvalue weighted by Crippen LogP contribution is -2.03. The lowest BCUT2D eigenvalue weighted by molar-refractivity contribution is 0.0591. The van der Waals surface area contributed by atoms with E-state index in [4.69, 9.17) is 4.42 Å². The molecular weight excluding hydrogens is 274 g/mol. The molecule has 6 heteroatoms. The van der Waals surface area contributed by atoms with Crippen LogP contribution < -0.4 is 5.32 Å². The molecule has 1 aromatic carbocycles. The number of carbonyl (C=O) groups is 2.